The predicted molar refractivity (Wildman–Crippen MR) is 57.3 cm³/mol. The molecular formula is C12H18O2. The van der Waals surface area contributed by atoms with E-state index in [1.54, 1.807) is 7.11 Å². The van der Waals surface area contributed by atoms with Crippen LogP contribution >= 0.6 is 0 Å². The normalized spacial score (nSPS) is 12.8. The Balaban J connectivity index is 2.35. The smallest absolute Gasteiger partial charge is 0.0776 e. The van der Waals surface area contributed by atoms with Crippen molar-refractivity contribution in [3.05, 3.63) is 35.4 Å². The maximum absolute atomic E-state index is 5.53. The van der Waals surface area contributed by atoms with Gasteiger partial charge in [-0.3, -0.25) is 0 Å². The molecule has 0 heterocycles. The molecule has 0 saturated heterocycles. The van der Waals surface area contributed by atoms with Crippen LogP contribution in [0.3, 0.4) is 0 Å². The Morgan fingerprint density at radius 3 is 2.64 bits per heavy atom. The lowest BCUT2D eigenvalue weighted by molar-refractivity contribution is 0.0116. The number of rotatable bonds is 5. The maximum atomic E-state index is 5.53. The van der Waals surface area contributed by atoms with E-state index in [2.05, 4.69) is 19.1 Å². The number of hydrogen-bond acceptors (Lipinski definition) is 2. The second-order valence-corrected chi connectivity index (χ2v) is 3.49. The van der Waals surface area contributed by atoms with Crippen LogP contribution in [0.2, 0.25) is 0 Å². The maximum Gasteiger partial charge on any atom is 0.0776 e. The highest BCUT2D eigenvalue weighted by Crippen LogP contribution is 2.08. The van der Waals surface area contributed by atoms with Gasteiger partial charge in [-0.2, -0.15) is 0 Å². The van der Waals surface area contributed by atoms with Crippen LogP contribution in [0.5, 0.6) is 0 Å². The molecule has 0 saturated carbocycles. The van der Waals surface area contributed by atoms with Crippen molar-refractivity contribution in [1.82, 2.24) is 0 Å². The quantitative estimate of drug-likeness (QED) is 0.717. The van der Waals surface area contributed by atoms with E-state index in [1.165, 1.54) is 11.1 Å². The Hall–Kier alpha value is -0.860. The van der Waals surface area contributed by atoms with Crippen molar-refractivity contribution in [3.63, 3.8) is 0 Å². The molecule has 78 valence electrons. The van der Waals surface area contributed by atoms with Gasteiger partial charge in [-0.25, -0.2) is 0 Å². The summed E-state index contributed by atoms with van der Waals surface area (Å²) in [6.07, 6.45) is 0.166. The molecule has 0 aromatic heterocycles. The van der Waals surface area contributed by atoms with Gasteiger partial charge < -0.3 is 9.47 Å². The summed E-state index contributed by atoms with van der Waals surface area (Å²) in [6.45, 7) is 5.40. The first-order valence-corrected chi connectivity index (χ1v) is 4.89. The third kappa shape index (κ3) is 3.48. The highest BCUT2D eigenvalue weighted by atomic mass is 16.5. The molecule has 14 heavy (non-hydrogen) atoms. The highest BCUT2D eigenvalue weighted by molar-refractivity contribution is 5.24. The molecule has 0 bridgehead atoms. The molecule has 2 nitrogen and oxygen atoms in total. The summed E-state index contributed by atoms with van der Waals surface area (Å²) in [5, 5.41) is 0. The Morgan fingerprint density at radius 1 is 1.29 bits per heavy atom. The van der Waals surface area contributed by atoms with Crippen LogP contribution in [0.25, 0.3) is 0 Å². The first kappa shape index (κ1) is 11.2. The average molecular weight is 194 g/mol. The monoisotopic (exact) mass is 194 g/mol. The predicted octanol–water partition coefficient (Wildman–Crippen LogP) is 2.55. The zero-order valence-electron chi connectivity index (χ0n) is 9.12. The van der Waals surface area contributed by atoms with Crippen molar-refractivity contribution in [2.75, 3.05) is 13.7 Å². The van der Waals surface area contributed by atoms with Gasteiger partial charge in [-0.15, -0.1) is 0 Å². The van der Waals surface area contributed by atoms with Crippen molar-refractivity contribution in [2.24, 2.45) is 0 Å². The van der Waals surface area contributed by atoms with Gasteiger partial charge in [0.25, 0.3) is 0 Å². The van der Waals surface area contributed by atoms with Crippen LogP contribution in [-0.4, -0.2) is 19.8 Å². The standard InChI is InChI=1S/C12H18O2/c1-10-6-4-5-7-12(10)9-14-8-11(2)13-3/h4-7,11H,8-9H2,1-3H3. The summed E-state index contributed by atoms with van der Waals surface area (Å²) in [5.74, 6) is 0. The Kier molecular flexibility index (Phi) is 4.63. The molecule has 1 unspecified atom stereocenters. The topological polar surface area (TPSA) is 18.5 Å². The molecular weight excluding hydrogens is 176 g/mol. The van der Waals surface area contributed by atoms with Gasteiger partial charge in [0, 0.05) is 7.11 Å². The molecule has 2 heteroatoms. The SMILES string of the molecule is COC(C)COCc1ccccc1C. The summed E-state index contributed by atoms with van der Waals surface area (Å²) in [5.41, 5.74) is 2.52. The van der Waals surface area contributed by atoms with Crippen LogP contribution in [0.4, 0.5) is 0 Å². The molecule has 0 aliphatic carbocycles. The lowest BCUT2D eigenvalue weighted by Gasteiger charge is -2.11. The number of benzene rings is 1. The van der Waals surface area contributed by atoms with Gasteiger partial charge in [0.1, 0.15) is 0 Å². The first-order chi connectivity index (χ1) is 6.74. The fraction of sp³-hybridized carbons (Fsp3) is 0.500. The molecule has 0 radical (unpaired) electrons. The number of aryl methyl sites for hydroxylation is 1. The second kappa shape index (κ2) is 5.78. The minimum atomic E-state index is 0.166. The fourth-order valence-corrected chi connectivity index (χ4v) is 1.17. The fourth-order valence-electron chi connectivity index (χ4n) is 1.17. The molecule has 1 rings (SSSR count). The Labute approximate surface area is 85.8 Å². The van der Waals surface area contributed by atoms with Crippen LogP contribution in [-0.2, 0) is 16.1 Å². The molecule has 0 aliphatic heterocycles. The second-order valence-electron chi connectivity index (χ2n) is 3.49. The molecule has 1 atom stereocenters. The van der Waals surface area contributed by atoms with E-state index in [1.807, 2.05) is 19.1 Å². The van der Waals surface area contributed by atoms with E-state index >= 15 is 0 Å². The molecule has 1 aromatic rings. The Morgan fingerprint density at radius 2 is 2.00 bits per heavy atom. The van der Waals surface area contributed by atoms with Gasteiger partial charge in [0.05, 0.1) is 19.3 Å². The number of methoxy groups -OCH3 is 1. The highest BCUT2D eigenvalue weighted by Gasteiger charge is 2.00. The largest absolute Gasteiger partial charge is 0.379 e. The van der Waals surface area contributed by atoms with Crippen molar-refractivity contribution < 1.29 is 9.47 Å². The third-order valence-electron chi connectivity index (χ3n) is 2.27. The van der Waals surface area contributed by atoms with E-state index in [0.29, 0.717) is 13.2 Å². The van der Waals surface area contributed by atoms with Crippen molar-refractivity contribution in [2.45, 2.75) is 26.6 Å². The first-order valence-electron chi connectivity index (χ1n) is 4.89. The van der Waals surface area contributed by atoms with E-state index in [0.717, 1.165) is 0 Å². The summed E-state index contributed by atoms with van der Waals surface area (Å²) in [6, 6.07) is 8.26. The summed E-state index contributed by atoms with van der Waals surface area (Å²) >= 11 is 0. The third-order valence-corrected chi connectivity index (χ3v) is 2.27. The summed E-state index contributed by atoms with van der Waals surface area (Å²) < 4.78 is 10.6. The van der Waals surface area contributed by atoms with Gasteiger partial charge in [-0.1, -0.05) is 24.3 Å². The number of hydrogen-bond donors (Lipinski definition) is 0. The minimum Gasteiger partial charge on any atom is -0.379 e. The van der Waals surface area contributed by atoms with Gasteiger partial charge >= 0.3 is 0 Å². The van der Waals surface area contributed by atoms with Crippen molar-refractivity contribution in [1.29, 1.82) is 0 Å². The molecule has 0 amide bonds. The Bertz CT molecular complexity index is 271. The van der Waals surface area contributed by atoms with Crippen LogP contribution in [0.15, 0.2) is 24.3 Å². The van der Waals surface area contributed by atoms with Crippen LogP contribution < -0.4 is 0 Å². The van der Waals surface area contributed by atoms with Crippen LogP contribution in [0, 0.1) is 6.92 Å². The zero-order valence-corrected chi connectivity index (χ0v) is 9.12. The lowest BCUT2D eigenvalue weighted by atomic mass is 10.1. The van der Waals surface area contributed by atoms with Crippen LogP contribution in [0.1, 0.15) is 18.1 Å². The van der Waals surface area contributed by atoms with Gasteiger partial charge in [0.2, 0.25) is 0 Å². The molecule has 0 aliphatic rings. The minimum absolute atomic E-state index is 0.166. The lowest BCUT2D eigenvalue weighted by Crippen LogP contribution is -2.13. The van der Waals surface area contributed by atoms with E-state index in [4.69, 9.17) is 9.47 Å². The number of ether oxygens (including phenoxy) is 2. The molecule has 1 aromatic carbocycles. The molecule has 0 N–H and O–H groups in total. The van der Waals surface area contributed by atoms with Crippen molar-refractivity contribution >= 4 is 0 Å². The molecule has 0 spiro atoms. The summed E-state index contributed by atoms with van der Waals surface area (Å²) in [4.78, 5) is 0. The van der Waals surface area contributed by atoms with E-state index in [-0.39, 0.29) is 6.10 Å². The summed E-state index contributed by atoms with van der Waals surface area (Å²) in [7, 11) is 1.70. The van der Waals surface area contributed by atoms with Crippen molar-refractivity contribution in [3.8, 4) is 0 Å². The average Bonchev–Trinajstić information content (AvgIpc) is 2.20. The van der Waals surface area contributed by atoms with Gasteiger partial charge in [-0.05, 0) is 25.0 Å². The van der Waals surface area contributed by atoms with E-state index in [9.17, 15) is 0 Å². The molecule has 0 fully saturated rings. The van der Waals surface area contributed by atoms with Gasteiger partial charge in [0.15, 0.2) is 0 Å². The van der Waals surface area contributed by atoms with E-state index < -0.39 is 0 Å². The zero-order chi connectivity index (χ0) is 10.4.